The van der Waals surface area contributed by atoms with Crippen molar-refractivity contribution in [2.45, 2.75) is 50.7 Å². The fraction of sp³-hybridized carbons (Fsp3) is 0.310. The van der Waals surface area contributed by atoms with Crippen LogP contribution in [0.1, 0.15) is 33.3 Å². The second-order valence-corrected chi connectivity index (χ2v) is 12.5. The van der Waals surface area contributed by atoms with Gasteiger partial charge in [-0.05, 0) is 93.9 Å². The molecule has 0 spiro atoms. The fourth-order valence-electron chi connectivity index (χ4n) is 3.85. The van der Waals surface area contributed by atoms with E-state index in [1.165, 1.54) is 84.8 Å². The molecule has 0 bridgehead atoms. The van der Waals surface area contributed by atoms with Crippen molar-refractivity contribution in [3.8, 4) is 5.75 Å². The van der Waals surface area contributed by atoms with Gasteiger partial charge in [-0.15, -0.1) is 0 Å². The molecule has 1 atom stereocenters. The highest BCUT2D eigenvalue weighted by atomic mass is 35.5. The Balaban J connectivity index is 2.03. The van der Waals surface area contributed by atoms with E-state index in [4.69, 9.17) is 16.3 Å². The zero-order valence-corrected chi connectivity index (χ0v) is 24.6. The van der Waals surface area contributed by atoms with Gasteiger partial charge < -0.3 is 15.0 Å². The van der Waals surface area contributed by atoms with Crippen LogP contribution in [-0.4, -0.2) is 50.4 Å². The van der Waals surface area contributed by atoms with Gasteiger partial charge in [-0.25, -0.2) is 12.8 Å². The summed E-state index contributed by atoms with van der Waals surface area (Å²) >= 11 is 6.04. The molecule has 0 fully saturated rings. The SMILES string of the molecule is COc1ccc(S(=O)(=O)N(CC(=O)N(Cc2ccc(F)cc2)[C@@H](C)C(=O)NC(C)(C)C)c2ccc(Cl)cc2)cc1. The Morgan fingerprint density at radius 1 is 0.975 bits per heavy atom. The maximum Gasteiger partial charge on any atom is 0.264 e. The molecule has 0 aromatic heterocycles. The molecule has 0 saturated carbocycles. The van der Waals surface area contributed by atoms with Crippen molar-refractivity contribution in [1.29, 1.82) is 0 Å². The normalized spacial score (nSPS) is 12.4. The lowest BCUT2D eigenvalue weighted by molar-refractivity contribution is -0.140. The monoisotopic (exact) mass is 589 g/mol. The Morgan fingerprint density at radius 2 is 1.55 bits per heavy atom. The third-order valence-corrected chi connectivity index (χ3v) is 8.01. The number of amides is 2. The Hall–Kier alpha value is -3.63. The first kappa shape index (κ1) is 30.9. The smallest absolute Gasteiger partial charge is 0.264 e. The maximum atomic E-state index is 13.9. The maximum absolute atomic E-state index is 13.9. The van der Waals surface area contributed by atoms with Gasteiger partial charge in [-0.2, -0.15) is 0 Å². The number of hydrogen-bond acceptors (Lipinski definition) is 5. The molecule has 0 radical (unpaired) electrons. The van der Waals surface area contributed by atoms with Gasteiger partial charge in [0.1, 0.15) is 24.2 Å². The second kappa shape index (κ2) is 12.7. The van der Waals surface area contributed by atoms with Crippen molar-refractivity contribution >= 4 is 39.1 Å². The predicted molar refractivity (Wildman–Crippen MR) is 153 cm³/mol. The third-order valence-electron chi connectivity index (χ3n) is 5.97. The lowest BCUT2D eigenvalue weighted by atomic mass is 10.1. The van der Waals surface area contributed by atoms with Gasteiger partial charge in [0, 0.05) is 17.1 Å². The summed E-state index contributed by atoms with van der Waals surface area (Å²) in [5.41, 5.74) is 0.214. The molecule has 1 N–H and O–H groups in total. The molecule has 0 saturated heterocycles. The van der Waals surface area contributed by atoms with Crippen LogP contribution in [0.2, 0.25) is 5.02 Å². The largest absolute Gasteiger partial charge is 0.497 e. The number of rotatable bonds is 10. The van der Waals surface area contributed by atoms with Crippen LogP contribution in [0.25, 0.3) is 0 Å². The summed E-state index contributed by atoms with van der Waals surface area (Å²) in [4.78, 5) is 28.2. The molecule has 3 aromatic rings. The lowest BCUT2D eigenvalue weighted by Gasteiger charge is -2.33. The summed E-state index contributed by atoms with van der Waals surface area (Å²) in [6, 6.07) is 16.4. The minimum Gasteiger partial charge on any atom is -0.497 e. The summed E-state index contributed by atoms with van der Waals surface area (Å²) in [7, 11) is -2.77. The van der Waals surface area contributed by atoms with Crippen molar-refractivity contribution in [2.24, 2.45) is 0 Å². The topological polar surface area (TPSA) is 96.0 Å². The minimum atomic E-state index is -4.24. The van der Waals surface area contributed by atoms with E-state index in [0.29, 0.717) is 16.3 Å². The van der Waals surface area contributed by atoms with Gasteiger partial charge in [0.25, 0.3) is 10.0 Å². The first-order valence-electron chi connectivity index (χ1n) is 12.5. The van der Waals surface area contributed by atoms with Gasteiger partial charge in [0.2, 0.25) is 11.8 Å². The van der Waals surface area contributed by atoms with Crippen molar-refractivity contribution in [3.63, 3.8) is 0 Å². The first-order valence-corrected chi connectivity index (χ1v) is 14.3. The van der Waals surface area contributed by atoms with Gasteiger partial charge in [0.05, 0.1) is 17.7 Å². The Bertz CT molecular complexity index is 1420. The van der Waals surface area contributed by atoms with Gasteiger partial charge in [-0.1, -0.05) is 23.7 Å². The standard InChI is InChI=1S/C29H33ClFN3O5S/c1-20(28(36)32-29(2,3)4)33(18-21-6-10-23(31)11-7-21)27(35)19-34(24-12-8-22(30)9-13-24)40(37,38)26-16-14-25(39-5)15-17-26/h6-17,20H,18-19H2,1-5H3,(H,32,36)/t20-/m0/s1. The van der Waals surface area contributed by atoms with Crippen molar-refractivity contribution < 1.29 is 27.1 Å². The summed E-state index contributed by atoms with van der Waals surface area (Å²) in [5.74, 6) is -1.02. The van der Waals surface area contributed by atoms with Crippen molar-refractivity contribution in [3.05, 3.63) is 89.2 Å². The van der Waals surface area contributed by atoms with Gasteiger partial charge in [-0.3, -0.25) is 13.9 Å². The van der Waals surface area contributed by atoms with E-state index in [0.717, 1.165) is 4.31 Å². The van der Waals surface area contributed by atoms with Crippen LogP contribution in [0.3, 0.4) is 0 Å². The Labute approximate surface area is 239 Å². The van der Waals surface area contributed by atoms with E-state index in [9.17, 15) is 22.4 Å². The molecule has 0 aliphatic heterocycles. The minimum absolute atomic E-state index is 0.0467. The number of anilines is 1. The molecule has 11 heteroatoms. The van der Waals surface area contributed by atoms with Crippen molar-refractivity contribution in [1.82, 2.24) is 10.2 Å². The van der Waals surface area contributed by atoms with Crippen LogP contribution >= 0.6 is 11.6 Å². The summed E-state index contributed by atoms with van der Waals surface area (Å²) in [6.07, 6.45) is 0. The molecule has 2 amide bonds. The van der Waals surface area contributed by atoms with E-state index in [2.05, 4.69) is 5.32 Å². The molecule has 0 aliphatic carbocycles. The predicted octanol–water partition coefficient (Wildman–Crippen LogP) is 5.02. The molecule has 0 unspecified atom stereocenters. The van der Waals surface area contributed by atoms with E-state index >= 15 is 0 Å². The van der Waals surface area contributed by atoms with E-state index in [1.807, 2.05) is 20.8 Å². The highest BCUT2D eigenvalue weighted by molar-refractivity contribution is 7.92. The highest BCUT2D eigenvalue weighted by Gasteiger charge is 2.33. The van der Waals surface area contributed by atoms with Gasteiger partial charge >= 0.3 is 0 Å². The Kier molecular flexibility index (Phi) is 9.81. The fourth-order valence-corrected chi connectivity index (χ4v) is 5.39. The number of ether oxygens (including phenoxy) is 1. The zero-order valence-electron chi connectivity index (χ0n) is 23.0. The zero-order chi connectivity index (χ0) is 29.7. The summed E-state index contributed by atoms with van der Waals surface area (Å²) in [5, 5.41) is 3.25. The molecule has 8 nitrogen and oxygen atoms in total. The molecule has 0 aliphatic rings. The molecule has 40 heavy (non-hydrogen) atoms. The number of nitrogens with zero attached hydrogens (tertiary/aromatic N) is 2. The quantitative estimate of drug-likeness (QED) is 0.358. The third kappa shape index (κ3) is 7.95. The van der Waals surface area contributed by atoms with Crippen LogP contribution in [0.5, 0.6) is 5.75 Å². The number of carbonyl (C=O) groups excluding carboxylic acids is 2. The van der Waals surface area contributed by atoms with Crippen LogP contribution in [0.15, 0.2) is 77.7 Å². The van der Waals surface area contributed by atoms with Crippen LogP contribution in [-0.2, 0) is 26.2 Å². The first-order chi connectivity index (χ1) is 18.7. The number of sulfonamides is 1. The number of nitrogens with one attached hydrogen (secondary N) is 1. The van der Waals surface area contributed by atoms with E-state index in [1.54, 1.807) is 6.92 Å². The van der Waals surface area contributed by atoms with E-state index < -0.39 is 45.8 Å². The molecule has 0 heterocycles. The van der Waals surface area contributed by atoms with Gasteiger partial charge in [0.15, 0.2) is 0 Å². The van der Waals surface area contributed by atoms with Crippen molar-refractivity contribution in [2.75, 3.05) is 18.0 Å². The van der Waals surface area contributed by atoms with Crippen LogP contribution in [0, 0.1) is 5.82 Å². The molecule has 3 aromatic carbocycles. The molecule has 214 valence electrons. The highest BCUT2D eigenvalue weighted by Crippen LogP contribution is 2.27. The second-order valence-electron chi connectivity index (χ2n) is 10.2. The van der Waals surface area contributed by atoms with Crippen LogP contribution < -0.4 is 14.4 Å². The van der Waals surface area contributed by atoms with E-state index in [-0.39, 0.29) is 17.1 Å². The number of carbonyl (C=O) groups is 2. The summed E-state index contributed by atoms with van der Waals surface area (Å²) in [6.45, 7) is 6.35. The average Bonchev–Trinajstić information content (AvgIpc) is 2.90. The molecular formula is C29H33ClFN3O5S. The number of benzene rings is 3. The van der Waals surface area contributed by atoms with Crippen LogP contribution in [0.4, 0.5) is 10.1 Å². The molecule has 3 rings (SSSR count). The summed E-state index contributed by atoms with van der Waals surface area (Å²) < 4.78 is 47.3. The lowest BCUT2D eigenvalue weighted by Crippen LogP contribution is -2.54. The Morgan fingerprint density at radius 3 is 2.08 bits per heavy atom. The average molecular weight is 590 g/mol. The number of methoxy groups -OCH3 is 1. The molecular weight excluding hydrogens is 557 g/mol. The number of hydrogen-bond donors (Lipinski definition) is 1. The number of halogens is 2.